The number of nitrogens with zero attached hydrogens (tertiary/aromatic N) is 5. The standard InChI is InChI=1S/C20H23Cl2N5O/c1-14-12-18(24-20(23-14)27-6-2-3-7-27)25-8-10-26(11-9-25)19(28)16-5-4-15(21)13-17(16)22/h4-5,12-13H,2-3,6-11H2,1H3. The number of hydrogen-bond donors (Lipinski definition) is 0. The number of halogens is 2. The molecule has 2 aliphatic rings. The maximum absolute atomic E-state index is 12.8. The van der Waals surface area contributed by atoms with Crippen molar-refractivity contribution in [2.24, 2.45) is 0 Å². The van der Waals surface area contributed by atoms with Gasteiger partial charge in [-0.15, -0.1) is 0 Å². The molecule has 0 unspecified atom stereocenters. The van der Waals surface area contributed by atoms with Crippen LogP contribution < -0.4 is 9.80 Å². The number of aromatic nitrogens is 2. The van der Waals surface area contributed by atoms with E-state index in [1.807, 2.05) is 17.9 Å². The van der Waals surface area contributed by atoms with Crippen molar-refractivity contribution in [3.63, 3.8) is 0 Å². The number of carbonyl (C=O) groups excluding carboxylic acids is 1. The monoisotopic (exact) mass is 419 g/mol. The zero-order valence-corrected chi connectivity index (χ0v) is 17.4. The molecule has 28 heavy (non-hydrogen) atoms. The second-order valence-corrected chi connectivity index (χ2v) is 8.11. The van der Waals surface area contributed by atoms with E-state index in [-0.39, 0.29) is 5.91 Å². The van der Waals surface area contributed by atoms with E-state index >= 15 is 0 Å². The average molecular weight is 420 g/mol. The highest BCUT2D eigenvalue weighted by molar-refractivity contribution is 6.36. The van der Waals surface area contributed by atoms with Gasteiger partial charge in [-0.25, -0.2) is 4.98 Å². The van der Waals surface area contributed by atoms with Crippen molar-refractivity contribution < 1.29 is 4.79 Å². The summed E-state index contributed by atoms with van der Waals surface area (Å²) in [5.74, 6) is 1.70. The van der Waals surface area contributed by atoms with Gasteiger partial charge >= 0.3 is 0 Å². The van der Waals surface area contributed by atoms with Crippen LogP contribution in [-0.4, -0.2) is 60.0 Å². The molecular formula is C20H23Cl2N5O. The Labute approximate surface area is 175 Å². The lowest BCUT2D eigenvalue weighted by molar-refractivity contribution is 0.0746. The van der Waals surface area contributed by atoms with Gasteiger partial charge in [0, 0.05) is 56.1 Å². The summed E-state index contributed by atoms with van der Waals surface area (Å²) in [6.07, 6.45) is 2.39. The van der Waals surface area contributed by atoms with Crippen molar-refractivity contribution in [1.82, 2.24) is 14.9 Å². The van der Waals surface area contributed by atoms with Gasteiger partial charge in [0.05, 0.1) is 10.6 Å². The van der Waals surface area contributed by atoms with Crippen molar-refractivity contribution in [3.05, 3.63) is 45.6 Å². The summed E-state index contributed by atoms with van der Waals surface area (Å²) >= 11 is 12.1. The number of rotatable bonds is 3. The molecule has 0 bridgehead atoms. The third-order valence-corrected chi connectivity index (χ3v) is 5.82. The quantitative estimate of drug-likeness (QED) is 0.759. The van der Waals surface area contributed by atoms with Crippen LogP contribution in [0.5, 0.6) is 0 Å². The first-order chi connectivity index (χ1) is 13.5. The summed E-state index contributed by atoms with van der Waals surface area (Å²) in [6, 6.07) is 7.01. The van der Waals surface area contributed by atoms with Gasteiger partial charge in [0.2, 0.25) is 5.95 Å². The van der Waals surface area contributed by atoms with Crippen LogP contribution in [0, 0.1) is 6.92 Å². The number of hydrogen-bond acceptors (Lipinski definition) is 5. The summed E-state index contributed by atoms with van der Waals surface area (Å²) in [6.45, 7) is 6.76. The Morgan fingerprint density at radius 2 is 1.64 bits per heavy atom. The van der Waals surface area contributed by atoms with E-state index in [1.54, 1.807) is 18.2 Å². The van der Waals surface area contributed by atoms with E-state index in [0.29, 0.717) is 28.7 Å². The molecule has 8 heteroatoms. The van der Waals surface area contributed by atoms with Gasteiger partial charge in [-0.2, -0.15) is 4.98 Å². The third-order valence-electron chi connectivity index (χ3n) is 5.27. The Hall–Kier alpha value is -2.05. The fraction of sp³-hybridized carbons (Fsp3) is 0.450. The molecule has 1 aromatic carbocycles. The van der Waals surface area contributed by atoms with E-state index in [9.17, 15) is 4.79 Å². The van der Waals surface area contributed by atoms with Gasteiger partial charge in [0.15, 0.2) is 0 Å². The van der Waals surface area contributed by atoms with Crippen molar-refractivity contribution in [1.29, 1.82) is 0 Å². The fourth-order valence-corrected chi connectivity index (χ4v) is 4.22. The molecule has 2 saturated heterocycles. The first-order valence-electron chi connectivity index (χ1n) is 9.61. The van der Waals surface area contributed by atoms with Crippen LogP contribution in [0.25, 0.3) is 0 Å². The lowest BCUT2D eigenvalue weighted by atomic mass is 10.1. The second-order valence-electron chi connectivity index (χ2n) is 7.27. The van der Waals surface area contributed by atoms with E-state index in [0.717, 1.165) is 43.6 Å². The van der Waals surface area contributed by atoms with Crippen molar-refractivity contribution >= 4 is 40.9 Å². The molecule has 6 nitrogen and oxygen atoms in total. The summed E-state index contributed by atoms with van der Waals surface area (Å²) in [5.41, 5.74) is 1.46. The molecule has 0 radical (unpaired) electrons. The molecule has 0 aliphatic carbocycles. The van der Waals surface area contributed by atoms with Gasteiger partial charge in [0.25, 0.3) is 5.91 Å². The Bertz CT molecular complexity index is 877. The van der Waals surface area contributed by atoms with E-state index in [1.165, 1.54) is 12.8 Å². The molecular weight excluding hydrogens is 397 g/mol. The number of carbonyl (C=O) groups is 1. The van der Waals surface area contributed by atoms with E-state index < -0.39 is 0 Å². The van der Waals surface area contributed by atoms with Crippen molar-refractivity contribution in [2.75, 3.05) is 49.1 Å². The molecule has 2 fully saturated rings. The van der Waals surface area contributed by atoms with Crippen LogP contribution in [0.3, 0.4) is 0 Å². The molecule has 0 spiro atoms. The molecule has 4 rings (SSSR count). The minimum absolute atomic E-state index is 0.0575. The zero-order valence-electron chi connectivity index (χ0n) is 15.9. The van der Waals surface area contributed by atoms with Gasteiger partial charge in [-0.1, -0.05) is 23.2 Å². The Balaban J connectivity index is 1.44. The van der Waals surface area contributed by atoms with Crippen LogP contribution >= 0.6 is 23.2 Å². The van der Waals surface area contributed by atoms with Crippen LogP contribution in [0.4, 0.5) is 11.8 Å². The highest BCUT2D eigenvalue weighted by Gasteiger charge is 2.25. The summed E-state index contributed by atoms with van der Waals surface area (Å²) in [4.78, 5) is 28.5. The van der Waals surface area contributed by atoms with Crippen LogP contribution in [0.1, 0.15) is 28.9 Å². The number of aryl methyl sites for hydroxylation is 1. The lowest BCUT2D eigenvalue weighted by Gasteiger charge is -2.36. The number of anilines is 2. The highest BCUT2D eigenvalue weighted by Crippen LogP contribution is 2.25. The molecule has 0 N–H and O–H groups in total. The minimum Gasteiger partial charge on any atom is -0.353 e. The lowest BCUT2D eigenvalue weighted by Crippen LogP contribution is -2.49. The van der Waals surface area contributed by atoms with E-state index in [4.69, 9.17) is 28.2 Å². The van der Waals surface area contributed by atoms with Gasteiger partial charge in [0.1, 0.15) is 5.82 Å². The second kappa shape index (κ2) is 8.13. The highest BCUT2D eigenvalue weighted by atomic mass is 35.5. The Kier molecular flexibility index (Phi) is 5.60. The molecule has 1 amide bonds. The maximum Gasteiger partial charge on any atom is 0.255 e. The van der Waals surface area contributed by atoms with Gasteiger partial charge in [-0.3, -0.25) is 4.79 Å². The molecule has 3 heterocycles. The van der Waals surface area contributed by atoms with Crippen molar-refractivity contribution in [3.8, 4) is 0 Å². The molecule has 148 valence electrons. The normalized spacial score (nSPS) is 17.3. The third kappa shape index (κ3) is 4.03. The summed E-state index contributed by atoms with van der Waals surface area (Å²) in [5, 5.41) is 0.918. The zero-order chi connectivity index (χ0) is 19.7. The van der Waals surface area contributed by atoms with Crippen LogP contribution in [0.15, 0.2) is 24.3 Å². The first-order valence-corrected chi connectivity index (χ1v) is 10.4. The SMILES string of the molecule is Cc1cc(N2CCN(C(=O)c3ccc(Cl)cc3Cl)CC2)nc(N2CCCC2)n1. The molecule has 0 atom stereocenters. The van der Waals surface area contributed by atoms with Gasteiger partial charge in [-0.05, 0) is 38.0 Å². The van der Waals surface area contributed by atoms with Crippen molar-refractivity contribution in [2.45, 2.75) is 19.8 Å². The summed E-state index contributed by atoms with van der Waals surface area (Å²) < 4.78 is 0. The van der Waals surface area contributed by atoms with E-state index in [2.05, 4.69) is 14.8 Å². The Morgan fingerprint density at radius 3 is 2.32 bits per heavy atom. The summed E-state index contributed by atoms with van der Waals surface area (Å²) in [7, 11) is 0. The Morgan fingerprint density at radius 1 is 0.929 bits per heavy atom. The van der Waals surface area contributed by atoms with Crippen LogP contribution in [0.2, 0.25) is 10.0 Å². The minimum atomic E-state index is -0.0575. The topological polar surface area (TPSA) is 52.6 Å². The molecule has 1 aromatic heterocycles. The number of amides is 1. The fourth-order valence-electron chi connectivity index (χ4n) is 3.73. The van der Waals surface area contributed by atoms with Crippen LogP contribution in [-0.2, 0) is 0 Å². The largest absolute Gasteiger partial charge is 0.353 e. The predicted octanol–water partition coefficient (Wildman–Crippen LogP) is 3.65. The van der Waals surface area contributed by atoms with Gasteiger partial charge < -0.3 is 14.7 Å². The number of piperazine rings is 1. The first kappa shape index (κ1) is 19.3. The average Bonchev–Trinajstić information content (AvgIpc) is 3.22. The smallest absolute Gasteiger partial charge is 0.255 e. The number of benzene rings is 1. The molecule has 2 aromatic rings. The predicted molar refractivity (Wildman–Crippen MR) is 113 cm³/mol. The maximum atomic E-state index is 12.8. The molecule has 2 aliphatic heterocycles. The molecule has 0 saturated carbocycles.